The van der Waals surface area contributed by atoms with Crippen LogP contribution in [0.15, 0.2) is 6.33 Å². The lowest BCUT2D eigenvalue weighted by atomic mass is 10.1. The fourth-order valence-corrected chi connectivity index (χ4v) is 1.86. The molecule has 0 spiro atoms. The third-order valence-corrected chi connectivity index (χ3v) is 3.18. The molecular formula is C11H18N4O. The summed E-state index contributed by atoms with van der Waals surface area (Å²) in [5, 5.41) is 9.53. The van der Waals surface area contributed by atoms with E-state index in [-0.39, 0.29) is 17.2 Å². The molecule has 5 heteroatoms. The summed E-state index contributed by atoms with van der Waals surface area (Å²) in [5.74, 6) is 1.29. The third kappa shape index (κ3) is 2.59. The quantitative estimate of drug-likeness (QED) is 0.727. The van der Waals surface area contributed by atoms with E-state index >= 15 is 0 Å². The molecule has 1 aliphatic carbocycles. The Bertz CT molecular complexity index is 358. The molecule has 5 nitrogen and oxygen atoms in total. The fourth-order valence-electron chi connectivity index (χ4n) is 1.86. The first-order chi connectivity index (χ1) is 7.59. The molecule has 1 fully saturated rings. The lowest BCUT2D eigenvalue weighted by Crippen LogP contribution is -2.27. The smallest absolute Gasteiger partial charge is 0.223 e. The highest BCUT2D eigenvalue weighted by atomic mass is 16.2. The topological polar surface area (TPSA) is 70.7 Å². The van der Waals surface area contributed by atoms with Crippen LogP contribution in [0.3, 0.4) is 0 Å². The number of amides is 1. The minimum absolute atomic E-state index is 0.197. The van der Waals surface area contributed by atoms with Crippen molar-refractivity contribution in [2.75, 3.05) is 6.54 Å². The molecule has 0 saturated heterocycles. The molecule has 1 aliphatic rings. The van der Waals surface area contributed by atoms with Crippen molar-refractivity contribution in [3.8, 4) is 0 Å². The summed E-state index contributed by atoms with van der Waals surface area (Å²) in [5.41, 5.74) is 0.217. The van der Waals surface area contributed by atoms with Crippen LogP contribution in [0, 0.1) is 11.3 Å². The van der Waals surface area contributed by atoms with Gasteiger partial charge < -0.3 is 5.32 Å². The van der Waals surface area contributed by atoms with Crippen LogP contribution in [0.1, 0.15) is 32.5 Å². The summed E-state index contributed by atoms with van der Waals surface area (Å²) in [6.45, 7) is 4.98. The Labute approximate surface area is 95.0 Å². The number of aryl methyl sites for hydroxylation is 1. The molecular weight excluding hydrogens is 204 g/mol. The Morgan fingerprint density at radius 2 is 2.44 bits per heavy atom. The van der Waals surface area contributed by atoms with Crippen LogP contribution >= 0.6 is 0 Å². The van der Waals surface area contributed by atoms with Gasteiger partial charge in [-0.25, -0.2) is 4.98 Å². The van der Waals surface area contributed by atoms with E-state index in [4.69, 9.17) is 0 Å². The molecule has 0 radical (unpaired) electrons. The standard InChI is InChI=1S/C11H18N4O/c1-11(2)6-8(11)10(16)12-5-3-4-9-13-7-14-15-9/h7-8H,3-6H2,1-2H3,(H,12,16)(H,13,14,15). The van der Waals surface area contributed by atoms with Crippen molar-refractivity contribution in [2.24, 2.45) is 11.3 Å². The highest BCUT2D eigenvalue weighted by Gasteiger charge is 2.50. The lowest BCUT2D eigenvalue weighted by molar-refractivity contribution is -0.122. The molecule has 88 valence electrons. The molecule has 1 unspecified atom stereocenters. The summed E-state index contributed by atoms with van der Waals surface area (Å²) in [7, 11) is 0. The molecule has 1 atom stereocenters. The second-order valence-corrected chi connectivity index (χ2v) is 5.07. The molecule has 2 N–H and O–H groups in total. The number of rotatable bonds is 5. The van der Waals surface area contributed by atoms with Gasteiger partial charge in [0.15, 0.2) is 0 Å². The van der Waals surface area contributed by atoms with E-state index in [1.54, 1.807) is 0 Å². The zero-order valence-electron chi connectivity index (χ0n) is 9.79. The van der Waals surface area contributed by atoms with Gasteiger partial charge in [-0.1, -0.05) is 13.8 Å². The second-order valence-electron chi connectivity index (χ2n) is 5.07. The van der Waals surface area contributed by atoms with Crippen LogP contribution in [0.4, 0.5) is 0 Å². The van der Waals surface area contributed by atoms with Gasteiger partial charge in [-0.3, -0.25) is 9.89 Å². The Morgan fingerprint density at radius 3 is 3.00 bits per heavy atom. The Kier molecular flexibility index (Phi) is 2.94. The highest BCUT2D eigenvalue weighted by molar-refractivity contribution is 5.82. The Morgan fingerprint density at radius 1 is 1.69 bits per heavy atom. The van der Waals surface area contributed by atoms with Gasteiger partial charge in [0.05, 0.1) is 0 Å². The normalized spacial score (nSPS) is 21.8. The minimum atomic E-state index is 0.197. The van der Waals surface area contributed by atoms with E-state index in [1.165, 1.54) is 6.33 Å². The predicted molar refractivity (Wildman–Crippen MR) is 59.6 cm³/mol. The summed E-state index contributed by atoms with van der Waals surface area (Å²) < 4.78 is 0. The lowest BCUT2D eigenvalue weighted by Gasteiger charge is -2.05. The van der Waals surface area contributed by atoms with E-state index in [1.807, 2.05) is 0 Å². The maximum Gasteiger partial charge on any atom is 0.223 e. The summed E-state index contributed by atoms with van der Waals surface area (Å²) >= 11 is 0. The molecule has 0 aliphatic heterocycles. The van der Waals surface area contributed by atoms with Gasteiger partial charge in [-0.15, -0.1) is 0 Å². The van der Waals surface area contributed by atoms with E-state index in [0.29, 0.717) is 6.54 Å². The van der Waals surface area contributed by atoms with Crippen molar-refractivity contribution in [1.82, 2.24) is 20.5 Å². The molecule has 0 aromatic carbocycles. The molecule has 1 amide bonds. The van der Waals surface area contributed by atoms with Crippen LogP contribution in [0.2, 0.25) is 0 Å². The Balaban J connectivity index is 1.60. The van der Waals surface area contributed by atoms with Crippen molar-refractivity contribution in [3.05, 3.63) is 12.2 Å². The van der Waals surface area contributed by atoms with E-state index in [9.17, 15) is 4.79 Å². The van der Waals surface area contributed by atoms with Gasteiger partial charge in [0.2, 0.25) is 5.91 Å². The van der Waals surface area contributed by atoms with Gasteiger partial charge in [-0.2, -0.15) is 5.10 Å². The molecule has 1 heterocycles. The first kappa shape index (κ1) is 11.1. The van der Waals surface area contributed by atoms with Crippen LogP contribution in [-0.2, 0) is 11.2 Å². The Hall–Kier alpha value is -1.39. The van der Waals surface area contributed by atoms with E-state index < -0.39 is 0 Å². The van der Waals surface area contributed by atoms with E-state index in [2.05, 4.69) is 34.3 Å². The van der Waals surface area contributed by atoms with Crippen molar-refractivity contribution >= 4 is 5.91 Å². The molecule has 0 bridgehead atoms. The highest BCUT2D eigenvalue weighted by Crippen LogP contribution is 2.51. The molecule has 16 heavy (non-hydrogen) atoms. The third-order valence-electron chi connectivity index (χ3n) is 3.18. The van der Waals surface area contributed by atoms with Crippen molar-refractivity contribution in [3.63, 3.8) is 0 Å². The number of aromatic amines is 1. The zero-order valence-corrected chi connectivity index (χ0v) is 9.79. The van der Waals surface area contributed by atoms with Crippen molar-refractivity contribution < 1.29 is 4.79 Å². The summed E-state index contributed by atoms with van der Waals surface area (Å²) in [6.07, 6.45) is 4.24. The van der Waals surface area contributed by atoms with Crippen molar-refractivity contribution in [1.29, 1.82) is 0 Å². The number of nitrogens with one attached hydrogen (secondary N) is 2. The fraction of sp³-hybridized carbons (Fsp3) is 0.727. The number of nitrogens with zero attached hydrogens (tertiary/aromatic N) is 2. The monoisotopic (exact) mass is 222 g/mol. The first-order valence-corrected chi connectivity index (χ1v) is 5.71. The molecule has 1 aromatic rings. The number of carbonyl (C=O) groups is 1. The van der Waals surface area contributed by atoms with Gasteiger partial charge >= 0.3 is 0 Å². The second kappa shape index (κ2) is 4.23. The van der Waals surface area contributed by atoms with Crippen molar-refractivity contribution in [2.45, 2.75) is 33.1 Å². The van der Waals surface area contributed by atoms with Crippen LogP contribution in [0.5, 0.6) is 0 Å². The van der Waals surface area contributed by atoms with Gasteiger partial charge in [-0.05, 0) is 18.3 Å². The average molecular weight is 222 g/mol. The SMILES string of the molecule is CC1(C)CC1C(=O)NCCCc1ncn[nH]1. The van der Waals surface area contributed by atoms with Gasteiger partial charge in [0.25, 0.3) is 0 Å². The number of hydrogen-bond donors (Lipinski definition) is 2. The largest absolute Gasteiger partial charge is 0.356 e. The molecule has 1 saturated carbocycles. The summed E-state index contributed by atoms with van der Waals surface area (Å²) in [4.78, 5) is 15.7. The first-order valence-electron chi connectivity index (χ1n) is 5.71. The number of H-pyrrole nitrogens is 1. The minimum Gasteiger partial charge on any atom is -0.356 e. The maximum absolute atomic E-state index is 11.6. The van der Waals surface area contributed by atoms with Crippen LogP contribution in [-0.4, -0.2) is 27.6 Å². The number of carbonyl (C=O) groups excluding carboxylic acids is 1. The van der Waals surface area contributed by atoms with Crippen LogP contribution < -0.4 is 5.32 Å². The molecule has 2 rings (SSSR count). The van der Waals surface area contributed by atoms with Gasteiger partial charge in [0.1, 0.15) is 12.2 Å². The van der Waals surface area contributed by atoms with E-state index in [0.717, 1.165) is 25.1 Å². The molecule has 1 aromatic heterocycles. The maximum atomic E-state index is 11.6. The average Bonchev–Trinajstić information content (AvgIpc) is 2.67. The van der Waals surface area contributed by atoms with Gasteiger partial charge in [0, 0.05) is 18.9 Å². The predicted octanol–water partition coefficient (Wildman–Crippen LogP) is 0.900. The number of hydrogen-bond acceptors (Lipinski definition) is 3. The van der Waals surface area contributed by atoms with Crippen LogP contribution in [0.25, 0.3) is 0 Å². The summed E-state index contributed by atoms with van der Waals surface area (Å²) in [6, 6.07) is 0. The zero-order chi connectivity index (χ0) is 11.6. The number of aromatic nitrogens is 3.